The van der Waals surface area contributed by atoms with Crippen molar-refractivity contribution in [3.05, 3.63) is 12.2 Å². The maximum Gasteiger partial charge on any atom is 0.00450 e. The van der Waals surface area contributed by atoms with E-state index >= 15 is 0 Å². The van der Waals surface area contributed by atoms with E-state index in [1.54, 1.807) is 9.83 Å². The maximum atomic E-state index is 4.05. The first-order valence-electron chi connectivity index (χ1n) is 3.96. The number of hydrogen-bond donors (Lipinski definition) is 1. The number of rotatable bonds is 7. The van der Waals surface area contributed by atoms with Gasteiger partial charge < -0.3 is 0 Å². The molecule has 0 atom stereocenters. The molecule has 0 aliphatic heterocycles. The zero-order chi connectivity index (χ0) is 8.36. The van der Waals surface area contributed by atoms with E-state index in [-0.39, 0.29) is 0 Å². The van der Waals surface area contributed by atoms with Gasteiger partial charge in [-0.2, -0.15) is 0 Å². The molecule has 66 valence electrons. The lowest BCUT2D eigenvalue weighted by Gasteiger charge is -1.96. The molecule has 0 aliphatic carbocycles. The quantitative estimate of drug-likeness (QED) is 0.286. The zero-order valence-corrected chi connectivity index (χ0v) is 9.48. The highest BCUT2D eigenvalue weighted by atomic mass is 33.5. The monoisotopic (exact) mass is 208 g/mol. The molecule has 0 fully saturated rings. The molecule has 0 aromatic rings. The van der Waals surface area contributed by atoms with Gasteiger partial charge in [0.25, 0.3) is 0 Å². The van der Waals surface area contributed by atoms with Gasteiger partial charge in [-0.15, -0.1) is 0 Å². The van der Waals surface area contributed by atoms with Crippen LogP contribution in [0.4, 0.5) is 0 Å². The van der Waals surface area contributed by atoms with Crippen LogP contribution in [0.3, 0.4) is 0 Å². The van der Waals surface area contributed by atoms with Crippen LogP contribution in [0.5, 0.6) is 0 Å². The van der Waals surface area contributed by atoms with Gasteiger partial charge in [0.1, 0.15) is 0 Å². The summed E-state index contributed by atoms with van der Waals surface area (Å²) in [5, 5.41) is 0. The Morgan fingerprint density at radius 3 is 2.73 bits per heavy atom. The molecule has 0 unspecified atom stereocenters. The van der Waals surface area contributed by atoms with E-state index in [9.17, 15) is 0 Å². The average molecular weight is 208 g/mol. The number of thiol groups is 1. The molecule has 0 nitrogen and oxygen atoms in total. The van der Waals surface area contributed by atoms with Crippen LogP contribution in [0.2, 0.25) is 0 Å². The molecule has 0 aromatic heterocycles. The fraction of sp³-hybridized carbons (Fsp3) is 0.750. The second kappa shape index (κ2) is 10.8. The van der Waals surface area contributed by atoms with Crippen molar-refractivity contribution in [2.24, 2.45) is 0 Å². The van der Waals surface area contributed by atoms with Gasteiger partial charge in [0.05, 0.1) is 0 Å². The van der Waals surface area contributed by atoms with Gasteiger partial charge in [-0.1, -0.05) is 41.0 Å². The Labute approximate surface area is 82.8 Å². The topological polar surface area (TPSA) is 0 Å². The molecule has 0 rings (SSSR count). The van der Waals surface area contributed by atoms with Crippen molar-refractivity contribution >= 4 is 32.3 Å². The Morgan fingerprint density at radius 1 is 1.27 bits per heavy atom. The fourth-order valence-corrected chi connectivity index (χ4v) is 2.45. The molecule has 0 saturated carbocycles. The van der Waals surface area contributed by atoms with Gasteiger partial charge in [-0.3, -0.25) is 0 Å². The van der Waals surface area contributed by atoms with Crippen molar-refractivity contribution in [1.29, 1.82) is 0 Å². The Bertz CT molecular complexity index is 91.3. The minimum absolute atomic E-state index is 1.24. The minimum Gasteiger partial charge on any atom is -0.0997 e. The standard InChI is InChI=1S/C8H16S3/c1-2-3-4-5-6-7-8-10-11-9/h2-3,9H,4-8H2,1H3. The summed E-state index contributed by atoms with van der Waals surface area (Å²) in [7, 11) is 3.40. The second-order valence-corrected chi connectivity index (χ2v) is 5.60. The van der Waals surface area contributed by atoms with Crippen LogP contribution in [-0.4, -0.2) is 5.75 Å². The van der Waals surface area contributed by atoms with Gasteiger partial charge in [-0.05, 0) is 36.0 Å². The minimum atomic E-state index is 1.24. The van der Waals surface area contributed by atoms with Crippen LogP contribution in [-0.2, 0) is 0 Å². The van der Waals surface area contributed by atoms with Crippen LogP contribution < -0.4 is 0 Å². The van der Waals surface area contributed by atoms with E-state index in [0.717, 1.165) is 0 Å². The van der Waals surface area contributed by atoms with Gasteiger partial charge in [-0.25, -0.2) is 0 Å². The van der Waals surface area contributed by atoms with Crippen LogP contribution >= 0.6 is 32.3 Å². The smallest absolute Gasteiger partial charge is 0.00450 e. The average Bonchev–Trinajstić information content (AvgIpc) is 2.03. The highest BCUT2D eigenvalue weighted by molar-refractivity contribution is 9.05. The first-order valence-corrected chi connectivity index (χ1v) is 7.33. The van der Waals surface area contributed by atoms with Gasteiger partial charge in [0.2, 0.25) is 0 Å². The summed E-state index contributed by atoms with van der Waals surface area (Å²) >= 11 is 4.05. The summed E-state index contributed by atoms with van der Waals surface area (Å²) in [6.45, 7) is 2.08. The van der Waals surface area contributed by atoms with Crippen molar-refractivity contribution in [3.63, 3.8) is 0 Å². The van der Waals surface area contributed by atoms with E-state index < -0.39 is 0 Å². The first kappa shape index (κ1) is 11.8. The summed E-state index contributed by atoms with van der Waals surface area (Å²) < 4.78 is 0. The van der Waals surface area contributed by atoms with Crippen molar-refractivity contribution < 1.29 is 0 Å². The van der Waals surface area contributed by atoms with Crippen LogP contribution in [0.25, 0.3) is 0 Å². The molecule has 0 N–H and O–H groups in total. The SMILES string of the molecule is CC=CCCCCCSSS. The lowest BCUT2D eigenvalue weighted by atomic mass is 10.2. The molecule has 3 heteroatoms. The van der Waals surface area contributed by atoms with Crippen LogP contribution in [0.15, 0.2) is 12.2 Å². The van der Waals surface area contributed by atoms with Crippen molar-refractivity contribution in [1.82, 2.24) is 0 Å². The van der Waals surface area contributed by atoms with E-state index in [1.165, 1.54) is 31.4 Å². The third kappa shape index (κ3) is 10.8. The lowest BCUT2D eigenvalue weighted by molar-refractivity contribution is 0.735. The molecule has 11 heavy (non-hydrogen) atoms. The predicted molar refractivity (Wildman–Crippen MR) is 62.3 cm³/mol. The molecule has 0 amide bonds. The summed E-state index contributed by atoms with van der Waals surface area (Å²) in [5.41, 5.74) is 0. The third-order valence-electron chi connectivity index (χ3n) is 1.39. The number of unbranched alkanes of at least 4 members (excludes halogenated alkanes) is 3. The summed E-state index contributed by atoms with van der Waals surface area (Å²) in [4.78, 5) is 0. The third-order valence-corrected chi connectivity index (χ3v) is 3.71. The predicted octanol–water partition coefficient (Wildman–Crippen LogP) is 4.35. The van der Waals surface area contributed by atoms with E-state index in [0.29, 0.717) is 0 Å². The van der Waals surface area contributed by atoms with Crippen molar-refractivity contribution in [2.45, 2.75) is 32.6 Å². The zero-order valence-electron chi connectivity index (χ0n) is 6.95. The molecule has 0 spiro atoms. The van der Waals surface area contributed by atoms with E-state index in [4.69, 9.17) is 0 Å². The molecule has 0 saturated heterocycles. The fourth-order valence-electron chi connectivity index (χ4n) is 0.804. The second-order valence-electron chi connectivity index (χ2n) is 2.31. The molecule has 0 aromatic carbocycles. The van der Waals surface area contributed by atoms with Crippen LogP contribution in [0, 0.1) is 0 Å². The van der Waals surface area contributed by atoms with E-state index in [2.05, 4.69) is 30.7 Å². The molecule has 0 radical (unpaired) electrons. The molecular formula is C8H16S3. The number of allylic oxidation sites excluding steroid dienone is 2. The van der Waals surface area contributed by atoms with Gasteiger partial charge in [0, 0.05) is 5.75 Å². The lowest BCUT2D eigenvalue weighted by Crippen LogP contribution is -1.77. The van der Waals surface area contributed by atoms with Gasteiger partial charge in [0.15, 0.2) is 0 Å². The Hall–Kier alpha value is 0.790. The van der Waals surface area contributed by atoms with Crippen molar-refractivity contribution in [2.75, 3.05) is 5.75 Å². The Balaban J connectivity index is 2.79. The maximum absolute atomic E-state index is 4.05. The highest BCUT2D eigenvalue weighted by Gasteiger charge is 1.87. The van der Waals surface area contributed by atoms with E-state index in [1.807, 2.05) is 10.8 Å². The molecule has 0 aliphatic rings. The summed E-state index contributed by atoms with van der Waals surface area (Å²) in [6.07, 6.45) is 9.62. The Morgan fingerprint density at radius 2 is 2.09 bits per heavy atom. The van der Waals surface area contributed by atoms with Crippen molar-refractivity contribution in [3.8, 4) is 0 Å². The molecule has 0 heterocycles. The first-order chi connectivity index (χ1) is 5.41. The summed E-state index contributed by atoms with van der Waals surface area (Å²) in [5.74, 6) is 1.24. The molecular weight excluding hydrogens is 192 g/mol. The summed E-state index contributed by atoms with van der Waals surface area (Å²) in [6, 6.07) is 0. The highest BCUT2D eigenvalue weighted by Crippen LogP contribution is 2.25. The van der Waals surface area contributed by atoms with Crippen LogP contribution in [0.1, 0.15) is 32.6 Å². The Kier molecular flexibility index (Phi) is 11.6. The van der Waals surface area contributed by atoms with Gasteiger partial charge >= 0.3 is 0 Å². The molecule has 0 bridgehead atoms. The largest absolute Gasteiger partial charge is 0.0997 e. The number of hydrogen-bond acceptors (Lipinski definition) is 3. The normalized spacial score (nSPS) is 11.1.